The average Bonchev–Trinajstić information content (AvgIpc) is 2.82. The Bertz CT molecular complexity index is 714. The van der Waals surface area contributed by atoms with Gasteiger partial charge < -0.3 is 14.6 Å². The topological polar surface area (TPSA) is 79.3 Å². The first-order valence-electron chi connectivity index (χ1n) is 5.68. The van der Waals surface area contributed by atoms with Crippen molar-refractivity contribution < 1.29 is 19.4 Å². The van der Waals surface area contributed by atoms with Gasteiger partial charge in [0.15, 0.2) is 11.6 Å². The maximum Gasteiger partial charge on any atom is 0.228 e. The van der Waals surface area contributed by atoms with Crippen molar-refractivity contribution in [3.8, 4) is 5.75 Å². The lowest BCUT2D eigenvalue weighted by atomic mass is 10.3. The summed E-state index contributed by atoms with van der Waals surface area (Å²) < 4.78 is 5.28. The van der Waals surface area contributed by atoms with Crippen molar-refractivity contribution in [3.63, 3.8) is 0 Å². The number of carboxylic acids is 1. The largest absolute Gasteiger partial charge is 0.544 e. The number of benzene rings is 1. The molecule has 0 aliphatic heterocycles. The first-order chi connectivity index (χ1) is 9.88. The van der Waals surface area contributed by atoms with Crippen LogP contribution in [0.5, 0.6) is 5.75 Å². The van der Waals surface area contributed by atoms with E-state index in [4.69, 9.17) is 27.9 Å². The smallest absolute Gasteiger partial charge is 0.228 e. The molecule has 0 atom stereocenters. The van der Waals surface area contributed by atoms with Gasteiger partial charge in [0.2, 0.25) is 5.78 Å². The second kappa shape index (κ2) is 6.43. The van der Waals surface area contributed by atoms with Crippen molar-refractivity contribution >= 4 is 46.3 Å². The Morgan fingerprint density at radius 3 is 2.71 bits per heavy atom. The van der Waals surface area contributed by atoms with Crippen LogP contribution in [0.1, 0.15) is 25.2 Å². The van der Waals surface area contributed by atoms with Crippen molar-refractivity contribution in [1.29, 1.82) is 0 Å². The average molecular weight is 345 g/mol. The van der Waals surface area contributed by atoms with Crippen molar-refractivity contribution in [2.24, 2.45) is 0 Å². The standard InChI is InChI=1S/C13H9Cl2NO4S/c1-6-11(13(18)19)21-12(16-6)9(17)5-20-10-4-7(14)2-3-8(10)15/h2-4H,5H2,1H3,(H,18,19)/p-1. The zero-order valence-electron chi connectivity index (χ0n) is 10.7. The number of carbonyl (C=O) groups is 2. The number of carboxylic acid groups (broad SMARTS) is 1. The Morgan fingerprint density at radius 1 is 1.38 bits per heavy atom. The quantitative estimate of drug-likeness (QED) is 0.778. The minimum absolute atomic E-state index is 0.0462. The molecule has 0 saturated carbocycles. The molecule has 1 aromatic carbocycles. The van der Waals surface area contributed by atoms with E-state index < -0.39 is 11.8 Å². The summed E-state index contributed by atoms with van der Waals surface area (Å²) in [5.41, 5.74) is 0.240. The summed E-state index contributed by atoms with van der Waals surface area (Å²) in [5, 5.41) is 11.6. The van der Waals surface area contributed by atoms with Gasteiger partial charge in [0.05, 0.1) is 21.6 Å². The highest BCUT2D eigenvalue weighted by Gasteiger charge is 2.16. The number of thiazole rings is 1. The van der Waals surface area contributed by atoms with Crippen LogP contribution in [-0.2, 0) is 0 Å². The lowest BCUT2D eigenvalue weighted by Crippen LogP contribution is -2.21. The summed E-state index contributed by atoms with van der Waals surface area (Å²) in [6.07, 6.45) is 0. The van der Waals surface area contributed by atoms with Gasteiger partial charge in [0, 0.05) is 11.1 Å². The molecule has 0 aliphatic carbocycles. The molecule has 0 spiro atoms. The van der Waals surface area contributed by atoms with E-state index in [1.807, 2.05) is 0 Å². The van der Waals surface area contributed by atoms with Gasteiger partial charge in [-0.3, -0.25) is 4.79 Å². The Morgan fingerprint density at radius 2 is 2.10 bits per heavy atom. The Kier molecular flexibility index (Phi) is 4.82. The van der Waals surface area contributed by atoms with E-state index in [2.05, 4.69) is 4.98 Å². The van der Waals surface area contributed by atoms with Gasteiger partial charge in [0.25, 0.3) is 0 Å². The Balaban J connectivity index is 2.10. The van der Waals surface area contributed by atoms with Crippen LogP contribution in [0.15, 0.2) is 18.2 Å². The summed E-state index contributed by atoms with van der Waals surface area (Å²) in [6, 6.07) is 4.62. The van der Waals surface area contributed by atoms with E-state index in [9.17, 15) is 14.7 Å². The van der Waals surface area contributed by atoms with E-state index >= 15 is 0 Å². The molecule has 0 fully saturated rings. The number of ketones is 1. The molecule has 0 radical (unpaired) electrons. The summed E-state index contributed by atoms with van der Waals surface area (Å²) in [7, 11) is 0. The van der Waals surface area contributed by atoms with Gasteiger partial charge in [-0.15, -0.1) is 11.3 Å². The monoisotopic (exact) mass is 344 g/mol. The van der Waals surface area contributed by atoms with E-state index in [1.54, 1.807) is 12.1 Å². The fourth-order valence-corrected chi connectivity index (χ4v) is 2.66. The minimum atomic E-state index is -1.36. The number of hydrogen-bond donors (Lipinski definition) is 0. The highest BCUT2D eigenvalue weighted by Crippen LogP contribution is 2.28. The minimum Gasteiger partial charge on any atom is -0.544 e. The number of nitrogens with zero attached hydrogens (tertiary/aromatic N) is 1. The van der Waals surface area contributed by atoms with Crippen LogP contribution in [-0.4, -0.2) is 23.3 Å². The van der Waals surface area contributed by atoms with Gasteiger partial charge in [0.1, 0.15) is 5.75 Å². The highest BCUT2D eigenvalue weighted by atomic mass is 35.5. The van der Waals surface area contributed by atoms with E-state index in [0.29, 0.717) is 10.0 Å². The molecule has 0 saturated heterocycles. The normalized spacial score (nSPS) is 10.4. The third-order valence-electron chi connectivity index (χ3n) is 2.47. The number of aromatic carboxylic acids is 1. The molecule has 21 heavy (non-hydrogen) atoms. The maximum absolute atomic E-state index is 11.9. The number of ether oxygens (including phenoxy) is 1. The number of halogens is 2. The first-order valence-corrected chi connectivity index (χ1v) is 7.25. The molecule has 0 bridgehead atoms. The van der Waals surface area contributed by atoms with Crippen molar-refractivity contribution in [3.05, 3.63) is 43.8 Å². The molecular weight excluding hydrogens is 337 g/mol. The van der Waals surface area contributed by atoms with Gasteiger partial charge in [-0.2, -0.15) is 0 Å². The lowest BCUT2D eigenvalue weighted by molar-refractivity contribution is -0.254. The molecule has 0 aliphatic rings. The fourth-order valence-electron chi connectivity index (χ4n) is 1.50. The van der Waals surface area contributed by atoms with Crippen LogP contribution < -0.4 is 9.84 Å². The number of aryl methyl sites for hydroxylation is 1. The molecule has 1 aromatic heterocycles. The second-order valence-electron chi connectivity index (χ2n) is 4.01. The number of hydrogen-bond acceptors (Lipinski definition) is 6. The van der Waals surface area contributed by atoms with E-state index in [1.165, 1.54) is 13.0 Å². The lowest BCUT2D eigenvalue weighted by Gasteiger charge is -2.06. The predicted molar refractivity (Wildman–Crippen MR) is 77.5 cm³/mol. The fraction of sp³-hybridized carbons (Fsp3) is 0.154. The van der Waals surface area contributed by atoms with Crippen LogP contribution in [0.4, 0.5) is 0 Å². The SMILES string of the molecule is Cc1nc(C(=O)COc2cc(Cl)ccc2Cl)sc1C(=O)[O-]. The highest BCUT2D eigenvalue weighted by molar-refractivity contribution is 7.15. The third kappa shape index (κ3) is 3.72. The van der Waals surface area contributed by atoms with Crippen LogP contribution >= 0.6 is 34.5 Å². The molecule has 0 amide bonds. The molecule has 0 unspecified atom stereocenters. The van der Waals surface area contributed by atoms with Gasteiger partial charge in [-0.25, -0.2) is 4.98 Å². The van der Waals surface area contributed by atoms with Crippen LogP contribution in [0.2, 0.25) is 10.0 Å². The van der Waals surface area contributed by atoms with Crippen molar-refractivity contribution in [2.45, 2.75) is 6.92 Å². The van der Waals surface area contributed by atoms with E-state index in [0.717, 1.165) is 11.3 Å². The molecule has 0 N–H and O–H groups in total. The van der Waals surface area contributed by atoms with Crippen molar-refractivity contribution in [1.82, 2.24) is 4.98 Å². The Hall–Kier alpha value is -1.63. The third-order valence-corrected chi connectivity index (χ3v) is 4.20. The number of rotatable bonds is 5. The molecule has 8 heteroatoms. The molecule has 5 nitrogen and oxygen atoms in total. The number of aromatic nitrogens is 1. The molecular formula is C13H8Cl2NO4S-. The first kappa shape index (κ1) is 15.8. The predicted octanol–water partition coefficient (Wildman–Crippen LogP) is 2.38. The molecule has 2 aromatic rings. The zero-order chi connectivity index (χ0) is 15.6. The van der Waals surface area contributed by atoms with E-state index in [-0.39, 0.29) is 27.9 Å². The summed E-state index contributed by atoms with van der Waals surface area (Å²) in [5.74, 6) is -1.54. The number of carbonyl (C=O) groups excluding carboxylic acids is 2. The summed E-state index contributed by atoms with van der Waals surface area (Å²) in [4.78, 5) is 26.6. The maximum atomic E-state index is 11.9. The van der Waals surface area contributed by atoms with Crippen LogP contribution in [0.3, 0.4) is 0 Å². The number of Topliss-reactive ketones (excluding diaryl/α,β-unsaturated/α-hetero) is 1. The van der Waals surface area contributed by atoms with Gasteiger partial charge in [-0.1, -0.05) is 23.2 Å². The molecule has 1 heterocycles. The van der Waals surface area contributed by atoms with Crippen LogP contribution in [0.25, 0.3) is 0 Å². The second-order valence-corrected chi connectivity index (χ2v) is 5.85. The van der Waals surface area contributed by atoms with Crippen molar-refractivity contribution in [2.75, 3.05) is 6.61 Å². The molecule has 110 valence electrons. The molecule has 2 rings (SSSR count). The zero-order valence-corrected chi connectivity index (χ0v) is 13.0. The van der Waals surface area contributed by atoms with Crippen LogP contribution in [0, 0.1) is 6.92 Å². The Labute approximate surface area is 134 Å². The summed E-state index contributed by atoms with van der Waals surface area (Å²) >= 11 is 12.5. The summed E-state index contributed by atoms with van der Waals surface area (Å²) in [6.45, 7) is 1.17. The van der Waals surface area contributed by atoms with Gasteiger partial charge >= 0.3 is 0 Å². The van der Waals surface area contributed by atoms with Gasteiger partial charge in [-0.05, 0) is 19.1 Å².